The second-order valence-electron chi connectivity index (χ2n) is 6.42. The van der Waals surface area contributed by atoms with Gasteiger partial charge in [-0.3, -0.25) is 4.79 Å². The minimum atomic E-state index is -3.65. The second-order valence-corrected chi connectivity index (χ2v) is 8.07. The molecule has 0 aliphatic carbocycles. The molecule has 1 amide bonds. The van der Waals surface area contributed by atoms with Gasteiger partial charge in [0.25, 0.3) is 0 Å². The highest BCUT2D eigenvalue weighted by molar-refractivity contribution is 7.89. The molecule has 0 bridgehead atoms. The third kappa shape index (κ3) is 6.13. The molecule has 1 aromatic carbocycles. The van der Waals surface area contributed by atoms with Crippen LogP contribution in [0.2, 0.25) is 0 Å². The molecule has 1 rings (SSSR count). The Hall–Kier alpha value is -1.44. The topological polar surface area (TPSA) is 101 Å². The van der Waals surface area contributed by atoms with Crippen LogP contribution in [-0.2, 0) is 21.4 Å². The molecule has 0 aliphatic rings. The molecule has 124 valence electrons. The molecular weight excluding hydrogens is 302 g/mol. The fraction of sp³-hybridized carbons (Fsp3) is 0.533. The predicted octanol–water partition coefficient (Wildman–Crippen LogP) is 1.12. The molecule has 1 aromatic rings. The maximum Gasteiger partial charge on any atom is 0.241 e. The Morgan fingerprint density at radius 2 is 1.86 bits per heavy atom. The van der Waals surface area contributed by atoms with Crippen LogP contribution in [0.4, 0.5) is 0 Å². The first-order valence-electron chi connectivity index (χ1n) is 7.15. The molecular formula is C15H25N3O3S. The van der Waals surface area contributed by atoms with Crippen LogP contribution in [0.3, 0.4) is 0 Å². The van der Waals surface area contributed by atoms with E-state index in [1.54, 1.807) is 45.9 Å². The van der Waals surface area contributed by atoms with Crippen LogP contribution < -0.4 is 15.8 Å². The highest BCUT2D eigenvalue weighted by Crippen LogP contribution is 2.17. The van der Waals surface area contributed by atoms with E-state index in [0.29, 0.717) is 5.56 Å². The van der Waals surface area contributed by atoms with Crippen molar-refractivity contribution in [2.24, 2.45) is 5.73 Å². The summed E-state index contributed by atoms with van der Waals surface area (Å²) in [4.78, 5) is 11.8. The summed E-state index contributed by atoms with van der Waals surface area (Å²) in [6.07, 6.45) is 0.204. The van der Waals surface area contributed by atoms with Crippen molar-refractivity contribution in [2.75, 3.05) is 0 Å². The maximum absolute atomic E-state index is 12.4. The van der Waals surface area contributed by atoms with E-state index < -0.39 is 15.6 Å². The number of sulfonamides is 1. The predicted molar refractivity (Wildman–Crippen MR) is 86.6 cm³/mol. The van der Waals surface area contributed by atoms with Crippen molar-refractivity contribution in [1.29, 1.82) is 0 Å². The Morgan fingerprint density at radius 1 is 1.27 bits per heavy atom. The largest absolute Gasteiger partial charge is 0.352 e. The van der Waals surface area contributed by atoms with Crippen LogP contribution in [-0.4, -0.2) is 25.9 Å². The van der Waals surface area contributed by atoms with Crippen LogP contribution in [0, 0.1) is 0 Å². The van der Waals surface area contributed by atoms with E-state index >= 15 is 0 Å². The van der Waals surface area contributed by atoms with Crippen LogP contribution in [0.15, 0.2) is 29.2 Å². The summed E-state index contributed by atoms with van der Waals surface area (Å²) in [5.41, 5.74) is 5.52. The van der Waals surface area contributed by atoms with Gasteiger partial charge in [-0.05, 0) is 39.3 Å². The number of carbonyl (C=O) groups is 1. The van der Waals surface area contributed by atoms with Crippen molar-refractivity contribution in [2.45, 2.75) is 57.1 Å². The number of rotatable bonds is 6. The van der Waals surface area contributed by atoms with E-state index in [9.17, 15) is 13.2 Å². The van der Waals surface area contributed by atoms with Gasteiger partial charge >= 0.3 is 0 Å². The van der Waals surface area contributed by atoms with E-state index in [1.165, 1.54) is 6.07 Å². The third-order valence-corrected chi connectivity index (χ3v) is 4.54. The molecule has 0 saturated carbocycles. The second kappa shape index (κ2) is 7.21. The molecule has 22 heavy (non-hydrogen) atoms. The average Bonchev–Trinajstić information content (AvgIpc) is 2.33. The number of hydrogen-bond acceptors (Lipinski definition) is 4. The van der Waals surface area contributed by atoms with Gasteiger partial charge in [-0.1, -0.05) is 18.2 Å². The monoisotopic (exact) mass is 327 g/mol. The normalized spacial score (nSPS) is 13.7. The van der Waals surface area contributed by atoms with Crippen LogP contribution >= 0.6 is 0 Å². The molecule has 0 fully saturated rings. The van der Waals surface area contributed by atoms with Gasteiger partial charge in [-0.15, -0.1) is 0 Å². The number of nitrogens with two attached hydrogens (primary N) is 1. The lowest BCUT2D eigenvalue weighted by atomic mass is 10.1. The van der Waals surface area contributed by atoms with Gasteiger partial charge in [0.1, 0.15) is 0 Å². The highest BCUT2D eigenvalue weighted by atomic mass is 32.2. The number of benzene rings is 1. The van der Waals surface area contributed by atoms with Gasteiger partial charge < -0.3 is 11.1 Å². The zero-order valence-corrected chi connectivity index (χ0v) is 14.3. The Bertz CT molecular complexity index is 619. The lowest BCUT2D eigenvalue weighted by Gasteiger charge is -2.21. The summed E-state index contributed by atoms with van der Waals surface area (Å²) in [7, 11) is -3.65. The van der Waals surface area contributed by atoms with E-state index in [1.807, 2.05) is 0 Å². The van der Waals surface area contributed by atoms with E-state index in [-0.39, 0.29) is 29.8 Å². The Labute approximate surface area is 132 Å². The van der Waals surface area contributed by atoms with Gasteiger partial charge in [0.2, 0.25) is 15.9 Å². The third-order valence-electron chi connectivity index (χ3n) is 2.69. The fourth-order valence-electron chi connectivity index (χ4n) is 1.93. The summed E-state index contributed by atoms with van der Waals surface area (Å²) in [5.74, 6) is -0.203. The molecule has 7 heteroatoms. The van der Waals surface area contributed by atoms with Crippen molar-refractivity contribution < 1.29 is 13.2 Å². The number of carbonyl (C=O) groups excluding carboxylic acids is 1. The summed E-state index contributed by atoms with van der Waals surface area (Å²) >= 11 is 0. The van der Waals surface area contributed by atoms with Gasteiger partial charge in [0, 0.05) is 24.5 Å². The molecule has 0 spiro atoms. The Kier molecular flexibility index (Phi) is 6.10. The van der Waals surface area contributed by atoms with Crippen LogP contribution in [0.1, 0.15) is 39.7 Å². The van der Waals surface area contributed by atoms with Crippen molar-refractivity contribution in [3.63, 3.8) is 0 Å². The van der Waals surface area contributed by atoms with Crippen molar-refractivity contribution in [3.8, 4) is 0 Å². The van der Waals surface area contributed by atoms with Gasteiger partial charge in [0.15, 0.2) is 0 Å². The Balaban J connectivity index is 2.93. The molecule has 6 nitrogen and oxygen atoms in total. The van der Waals surface area contributed by atoms with E-state index in [0.717, 1.165) is 0 Å². The Morgan fingerprint density at radius 3 is 2.41 bits per heavy atom. The molecule has 0 aliphatic heterocycles. The van der Waals surface area contributed by atoms with E-state index in [4.69, 9.17) is 5.73 Å². The molecule has 0 heterocycles. The molecule has 0 saturated heterocycles. The fourth-order valence-corrected chi connectivity index (χ4v) is 3.59. The van der Waals surface area contributed by atoms with Crippen molar-refractivity contribution >= 4 is 15.9 Å². The first-order valence-corrected chi connectivity index (χ1v) is 8.64. The zero-order chi connectivity index (χ0) is 17.0. The smallest absolute Gasteiger partial charge is 0.241 e. The number of amides is 1. The SMILES string of the molecule is CC(N)CC(=O)NCc1ccccc1S(=O)(=O)NC(C)(C)C. The first kappa shape index (κ1) is 18.6. The molecule has 1 unspecified atom stereocenters. The molecule has 0 aromatic heterocycles. The average molecular weight is 327 g/mol. The van der Waals surface area contributed by atoms with Gasteiger partial charge in [0.05, 0.1) is 4.90 Å². The highest BCUT2D eigenvalue weighted by Gasteiger charge is 2.24. The summed E-state index contributed by atoms with van der Waals surface area (Å²) in [6.45, 7) is 7.21. The van der Waals surface area contributed by atoms with Gasteiger partial charge in [-0.2, -0.15) is 0 Å². The van der Waals surface area contributed by atoms with Crippen LogP contribution in [0.25, 0.3) is 0 Å². The number of nitrogens with one attached hydrogen (secondary N) is 2. The van der Waals surface area contributed by atoms with E-state index in [2.05, 4.69) is 10.0 Å². The van der Waals surface area contributed by atoms with Crippen molar-refractivity contribution in [1.82, 2.24) is 10.0 Å². The standard InChI is InChI=1S/C15H25N3O3S/c1-11(16)9-14(19)17-10-12-7-5-6-8-13(12)22(20,21)18-15(2,3)4/h5-8,11,18H,9-10,16H2,1-4H3,(H,17,19). The molecule has 4 N–H and O–H groups in total. The summed E-state index contributed by atoms with van der Waals surface area (Å²) in [5, 5.41) is 2.69. The lowest BCUT2D eigenvalue weighted by Crippen LogP contribution is -2.41. The summed E-state index contributed by atoms with van der Waals surface area (Å²) in [6, 6.07) is 6.37. The molecule has 1 atom stereocenters. The summed E-state index contributed by atoms with van der Waals surface area (Å²) < 4.78 is 27.5. The first-order chi connectivity index (χ1) is 10.0. The van der Waals surface area contributed by atoms with Crippen LogP contribution in [0.5, 0.6) is 0 Å². The van der Waals surface area contributed by atoms with Gasteiger partial charge in [-0.25, -0.2) is 13.1 Å². The minimum absolute atomic E-state index is 0.146. The van der Waals surface area contributed by atoms with Crippen molar-refractivity contribution in [3.05, 3.63) is 29.8 Å². The lowest BCUT2D eigenvalue weighted by molar-refractivity contribution is -0.121. The number of hydrogen-bond donors (Lipinski definition) is 3. The zero-order valence-electron chi connectivity index (χ0n) is 13.5. The maximum atomic E-state index is 12.4. The molecule has 0 radical (unpaired) electrons. The quantitative estimate of drug-likeness (QED) is 0.728. The minimum Gasteiger partial charge on any atom is -0.352 e.